The van der Waals surface area contributed by atoms with Gasteiger partial charge in [-0.25, -0.2) is 9.67 Å². The normalized spacial score (nSPS) is 11.1. The van der Waals surface area contributed by atoms with Gasteiger partial charge < -0.3 is 9.47 Å². The van der Waals surface area contributed by atoms with Crippen molar-refractivity contribution in [2.75, 3.05) is 19.1 Å². The quantitative estimate of drug-likeness (QED) is 0.378. The number of amides is 1. The highest BCUT2D eigenvalue weighted by atomic mass is 16.5. The Hall–Kier alpha value is -4.14. The molecule has 0 saturated heterocycles. The second-order valence-corrected chi connectivity index (χ2v) is 8.55. The fourth-order valence-corrected chi connectivity index (χ4v) is 4.00. The first-order valence-corrected chi connectivity index (χ1v) is 11.4. The van der Waals surface area contributed by atoms with Crippen LogP contribution in [0.3, 0.4) is 0 Å². The van der Waals surface area contributed by atoms with Crippen LogP contribution in [0.2, 0.25) is 0 Å². The van der Waals surface area contributed by atoms with Crippen LogP contribution in [0.1, 0.15) is 47.3 Å². The first-order chi connectivity index (χ1) is 16.8. The van der Waals surface area contributed by atoms with Crippen LogP contribution in [0.15, 0.2) is 54.9 Å². The Balaban J connectivity index is 1.75. The fourth-order valence-electron chi connectivity index (χ4n) is 4.00. The molecule has 0 N–H and O–H groups in total. The number of hydrogen-bond donors (Lipinski definition) is 0. The number of para-hydroxylation sites is 1. The number of hydrogen-bond acceptors (Lipinski definition) is 6. The molecular formula is C26H30N6O3. The molecule has 4 rings (SSSR count). The molecule has 2 aromatic carbocycles. The first-order valence-electron chi connectivity index (χ1n) is 11.4. The number of aromatic nitrogens is 5. The summed E-state index contributed by atoms with van der Waals surface area (Å²) in [6.07, 6.45) is 3.42. The highest BCUT2D eigenvalue weighted by molar-refractivity contribution is 6.03. The standard InChI is InChI=1S/C26H30N6O3/c1-17(2)22-9-7-8-10-23(22)32-18(3)28-25(29-32)26(33)31(20-14-27-30(4)16-20)15-19-13-21(34-5)11-12-24(19)35-6/h7-14,16-17H,15H2,1-6H3. The number of anilines is 1. The van der Waals surface area contributed by atoms with Gasteiger partial charge in [0, 0.05) is 18.8 Å². The highest BCUT2D eigenvalue weighted by Gasteiger charge is 2.26. The van der Waals surface area contributed by atoms with Crippen LogP contribution in [0.5, 0.6) is 11.5 Å². The summed E-state index contributed by atoms with van der Waals surface area (Å²) in [4.78, 5) is 19.9. The molecule has 9 heteroatoms. The minimum Gasteiger partial charge on any atom is -0.497 e. The summed E-state index contributed by atoms with van der Waals surface area (Å²) in [6.45, 7) is 6.33. The number of aryl methyl sites for hydroxylation is 2. The molecule has 35 heavy (non-hydrogen) atoms. The van der Waals surface area contributed by atoms with Crippen molar-refractivity contribution in [3.63, 3.8) is 0 Å². The summed E-state index contributed by atoms with van der Waals surface area (Å²) in [5.41, 5.74) is 3.45. The van der Waals surface area contributed by atoms with Gasteiger partial charge in [-0.1, -0.05) is 32.0 Å². The molecule has 0 bridgehead atoms. The van der Waals surface area contributed by atoms with Crippen LogP contribution in [-0.4, -0.2) is 44.7 Å². The predicted molar refractivity (Wildman–Crippen MR) is 133 cm³/mol. The molecule has 0 aliphatic rings. The van der Waals surface area contributed by atoms with E-state index >= 15 is 0 Å². The van der Waals surface area contributed by atoms with Gasteiger partial charge in [-0.15, -0.1) is 5.10 Å². The molecule has 0 spiro atoms. The second kappa shape index (κ2) is 10.0. The summed E-state index contributed by atoms with van der Waals surface area (Å²) in [5.74, 6) is 2.00. The monoisotopic (exact) mass is 474 g/mol. The molecule has 4 aromatic rings. The molecule has 1 amide bonds. The van der Waals surface area contributed by atoms with Crippen molar-refractivity contribution in [1.82, 2.24) is 24.5 Å². The Morgan fingerprint density at radius 2 is 1.89 bits per heavy atom. The first kappa shape index (κ1) is 24.0. The van der Waals surface area contributed by atoms with Gasteiger partial charge >= 0.3 is 0 Å². The van der Waals surface area contributed by atoms with Crippen LogP contribution in [0.4, 0.5) is 5.69 Å². The molecule has 0 radical (unpaired) electrons. The molecule has 0 saturated carbocycles. The zero-order valence-corrected chi connectivity index (χ0v) is 20.9. The maximum absolute atomic E-state index is 13.8. The zero-order chi connectivity index (χ0) is 25.1. The van der Waals surface area contributed by atoms with E-state index < -0.39 is 0 Å². The van der Waals surface area contributed by atoms with Crippen LogP contribution in [0, 0.1) is 6.92 Å². The van der Waals surface area contributed by atoms with Gasteiger partial charge in [0.05, 0.1) is 38.3 Å². The van der Waals surface area contributed by atoms with Crippen molar-refractivity contribution in [2.45, 2.75) is 33.2 Å². The van der Waals surface area contributed by atoms with Gasteiger partial charge in [0.25, 0.3) is 5.91 Å². The lowest BCUT2D eigenvalue weighted by atomic mass is 10.0. The summed E-state index contributed by atoms with van der Waals surface area (Å²) in [6, 6.07) is 13.5. The number of methoxy groups -OCH3 is 2. The summed E-state index contributed by atoms with van der Waals surface area (Å²) in [7, 11) is 5.00. The summed E-state index contributed by atoms with van der Waals surface area (Å²) >= 11 is 0. The van der Waals surface area contributed by atoms with E-state index in [1.165, 1.54) is 0 Å². The lowest BCUT2D eigenvalue weighted by Gasteiger charge is -2.21. The van der Waals surface area contributed by atoms with E-state index in [2.05, 4.69) is 35.1 Å². The van der Waals surface area contributed by atoms with Crippen LogP contribution >= 0.6 is 0 Å². The van der Waals surface area contributed by atoms with Crippen molar-refractivity contribution in [3.8, 4) is 17.2 Å². The largest absolute Gasteiger partial charge is 0.497 e. The van der Waals surface area contributed by atoms with E-state index in [-0.39, 0.29) is 18.3 Å². The number of ether oxygens (including phenoxy) is 2. The molecule has 0 unspecified atom stereocenters. The van der Waals surface area contributed by atoms with Crippen molar-refractivity contribution in [3.05, 3.63) is 77.6 Å². The van der Waals surface area contributed by atoms with Crippen LogP contribution in [0.25, 0.3) is 5.69 Å². The molecule has 0 aliphatic carbocycles. The predicted octanol–water partition coefficient (Wildman–Crippen LogP) is 4.30. The highest BCUT2D eigenvalue weighted by Crippen LogP contribution is 2.28. The summed E-state index contributed by atoms with van der Waals surface area (Å²) < 4.78 is 14.3. The Labute approximate surface area is 204 Å². The fraction of sp³-hybridized carbons (Fsp3) is 0.308. The molecule has 0 aliphatic heterocycles. The van der Waals surface area contributed by atoms with Gasteiger partial charge in [-0.2, -0.15) is 5.10 Å². The number of carbonyl (C=O) groups is 1. The molecule has 2 heterocycles. The van der Waals surface area contributed by atoms with E-state index in [1.807, 2.05) is 43.3 Å². The Bertz CT molecular complexity index is 1340. The maximum Gasteiger partial charge on any atom is 0.298 e. The Kier molecular flexibility index (Phi) is 6.86. The molecule has 0 fully saturated rings. The van der Waals surface area contributed by atoms with Crippen LogP contribution < -0.4 is 14.4 Å². The maximum atomic E-state index is 13.8. The van der Waals surface area contributed by atoms with Gasteiger partial charge in [0.15, 0.2) is 0 Å². The van der Waals surface area contributed by atoms with Crippen molar-refractivity contribution >= 4 is 11.6 Å². The molecule has 9 nitrogen and oxygen atoms in total. The van der Waals surface area contributed by atoms with E-state index in [4.69, 9.17) is 9.47 Å². The van der Waals surface area contributed by atoms with Gasteiger partial charge in [-0.3, -0.25) is 14.4 Å². The minimum atomic E-state index is -0.341. The summed E-state index contributed by atoms with van der Waals surface area (Å²) in [5, 5.41) is 8.88. The van der Waals surface area contributed by atoms with E-state index in [1.54, 1.807) is 47.9 Å². The van der Waals surface area contributed by atoms with Crippen molar-refractivity contribution < 1.29 is 14.3 Å². The van der Waals surface area contributed by atoms with Gasteiger partial charge in [0.2, 0.25) is 5.82 Å². The number of nitrogens with zero attached hydrogens (tertiary/aromatic N) is 6. The zero-order valence-electron chi connectivity index (χ0n) is 20.9. The molecular weight excluding hydrogens is 444 g/mol. The lowest BCUT2D eigenvalue weighted by molar-refractivity contribution is 0.0975. The van der Waals surface area contributed by atoms with Crippen LogP contribution in [-0.2, 0) is 13.6 Å². The topological polar surface area (TPSA) is 87.3 Å². The Morgan fingerprint density at radius 1 is 1.11 bits per heavy atom. The minimum absolute atomic E-state index is 0.103. The van der Waals surface area contributed by atoms with Crippen molar-refractivity contribution in [1.29, 1.82) is 0 Å². The van der Waals surface area contributed by atoms with Gasteiger partial charge in [0.1, 0.15) is 17.3 Å². The number of carbonyl (C=O) groups excluding carboxylic acids is 1. The third kappa shape index (κ3) is 4.89. The third-order valence-electron chi connectivity index (χ3n) is 5.81. The second-order valence-electron chi connectivity index (χ2n) is 8.55. The van der Waals surface area contributed by atoms with Crippen molar-refractivity contribution in [2.24, 2.45) is 7.05 Å². The van der Waals surface area contributed by atoms with E-state index in [0.717, 1.165) is 16.8 Å². The molecule has 2 aromatic heterocycles. The van der Waals surface area contributed by atoms with Gasteiger partial charge in [-0.05, 0) is 42.7 Å². The smallest absolute Gasteiger partial charge is 0.298 e. The number of rotatable bonds is 8. The van der Waals surface area contributed by atoms with E-state index in [9.17, 15) is 4.79 Å². The SMILES string of the molecule is COc1ccc(OC)c(CN(C(=O)c2nc(C)n(-c3ccccc3C(C)C)n2)c2cnn(C)c2)c1. The molecule has 182 valence electrons. The average Bonchev–Trinajstić information content (AvgIpc) is 3.47. The Morgan fingerprint density at radius 3 is 2.54 bits per heavy atom. The van der Waals surface area contributed by atoms with E-state index in [0.29, 0.717) is 28.9 Å². The lowest BCUT2D eigenvalue weighted by Crippen LogP contribution is -2.31. The third-order valence-corrected chi connectivity index (χ3v) is 5.81. The molecule has 0 atom stereocenters. The average molecular weight is 475 g/mol. The number of benzene rings is 2.